The van der Waals surface area contributed by atoms with E-state index in [0.717, 1.165) is 0 Å². The predicted octanol–water partition coefficient (Wildman–Crippen LogP) is 2.02. The maximum absolute atomic E-state index is 12.8. The summed E-state index contributed by atoms with van der Waals surface area (Å²) in [5.74, 6) is -0.566. The van der Waals surface area contributed by atoms with E-state index in [2.05, 4.69) is 21.2 Å². The number of hydrogen-bond acceptors (Lipinski definition) is 2. The Bertz CT molecular complexity index is 418. The third-order valence-corrected chi connectivity index (χ3v) is 3.08. The Morgan fingerprint density at radius 1 is 1.53 bits per heavy atom. The van der Waals surface area contributed by atoms with Crippen LogP contribution >= 0.6 is 15.9 Å². The molecule has 0 spiro atoms. The Kier molecular flexibility index (Phi) is 2.52. The summed E-state index contributed by atoms with van der Waals surface area (Å²) >= 11 is 3.17. The van der Waals surface area contributed by atoms with Gasteiger partial charge in [-0.2, -0.15) is 0 Å². The molecule has 2 rings (SSSR count). The van der Waals surface area contributed by atoms with Gasteiger partial charge in [-0.3, -0.25) is 4.79 Å². The lowest BCUT2D eigenvalue weighted by atomic mass is 10.2. The Labute approximate surface area is 95.0 Å². The molecule has 0 aliphatic heterocycles. The number of amides is 1. The lowest BCUT2D eigenvalue weighted by molar-refractivity contribution is -0.118. The highest BCUT2D eigenvalue weighted by atomic mass is 79.9. The number of nitrogens with two attached hydrogens (primary N) is 1. The minimum atomic E-state index is -0.714. The summed E-state index contributed by atoms with van der Waals surface area (Å²) in [6.45, 7) is 0. The van der Waals surface area contributed by atoms with Gasteiger partial charge in [0, 0.05) is 4.47 Å². The number of benzene rings is 1. The lowest BCUT2D eigenvalue weighted by Crippen LogP contribution is -2.37. The van der Waals surface area contributed by atoms with E-state index in [4.69, 9.17) is 5.73 Å². The van der Waals surface area contributed by atoms with Crippen molar-refractivity contribution in [2.75, 3.05) is 5.32 Å². The molecule has 1 aliphatic carbocycles. The van der Waals surface area contributed by atoms with Gasteiger partial charge in [0.2, 0.25) is 5.91 Å². The predicted molar refractivity (Wildman–Crippen MR) is 58.9 cm³/mol. The molecule has 0 saturated heterocycles. The highest BCUT2D eigenvalue weighted by Crippen LogP contribution is 2.34. The van der Waals surface area contributed by atoms with Gasteiger partial charge in [0.1, 0.15) is 5.82 Å². The highest BCUT2D eigenvalue weighted by Gasteiger charge is 2.46. The summed E-state index contributed by atoms with van der Waals surface area (Å²) < 4.78 is 13.3. The standard InChI is InChI=1S/C10H10BrFN2O/c11-7-5-6(12)1-2-8(7)14-9(15)10(13)3-4-10/h1-2,5H,3-4,13H2,(H,14,15). The molecule has 0 aromatic heterocycles. The molecule has 1 aromatic carbocycles. The molecule has 1 aliphatic rings. The fraction of sp³-hybridized carbons (Fsp3) is 0.300. The number of carbonyl (C=O) groups is 1. The van der Waals surface area contributed by atoms with E-state index >= 15 is 0 Å². The van der Waals surface area contributed by atoms with Crippen molar-refractivity contribution >= 4 is 27.5 Å². The smallest absolute Gasteiger partial charge is 0.244 e. The summed E-state index contributed by atoms with van der Waals surface area (Å²) in [4.78, 5) is 11.6. The molecule has 1 fully saturated rings. The molecule has 80 valence electrons. The molecule has 3 N–H and O–H groups in total. The average molecular weight is 273 g/mol. The van der Waals surface area contributed by atoms with Gasteiger partial charge in [-0.25, -0.2) is 4.39 Å². The first-order valence-corrected chi connectivity index (χ1v) is 5.36. The van der Waals surface area contributed by atoms with Crippen LogP contribution in [-0.4, -0.2) is 11.4 Å². The zero-order valence-electron chi connectivity index (χ0n) is 7.89. The van der Waals surface area contributed by atoms with Gasteiger partial charge in [0.05, 0.1) is 11.2 Å². The van der Waals surface area contributed by atoms with Crippen LogP contribution in [-0.2, 0) is 4.79 Å². The van der Waals surface area contributed by atoms with E-state index in [1.807, 2.05) is 0 Å². The van der Waals surface area contributed by atoms with Crippen LogP contribution in [0.4, 0.5) is 10.1 Å². The first-order chi connectivity index (χ1) is 7.01. The van der Waals surface area contributed by atoms with E-state index in [1.165, 1.54) is 18.2 Å². The molecule has 0 atom stereocenters. The summed E-state index contributed by atoms with van der Waals surface area (Å²) in [5, 5.41) is 2.66. The van der Waals surface area contributed by atoms with Gasteiger partial charge < -0.3 is 11.1 Å². The van der Waals surface area contributed by atoms with Gasteiger partial charge in [0.15, 0.2) is 0 Å². The number of anilines is 1. The Balaban J connectivity index is 2.14. The summed E-state index contributed by atoms with van der Waals surface area (Å²) in [5.41, 5.74) is 5.54. The number of hydrogen-bond donors (Lipinski definition) is 2. The second kappa shape index (κ2) is 3.57. The van der Waals surface area contributed by atoms with E-state index in [9.17, 15) is 9.18 Å². The fourth-order valence-electron chi connectivity index (χ4n) is 1.20. The van der Waals surface area contributed by atoms with Gasteiger partial charge in [-0.15, -0.1) is 0 Å². The highest BCUT2D eigenvalue weighted by molar-refractivity contribution is 9.10. The van der Waals surface area contributed by atoms with E-state index in [-0.39, 0.29) is 11.7 Å². The Morgan fingerprint density at radius 3 is 2.73 bits per heavy atom. The van der Waals surface area contributed by atoms with Crippen LogP contribution in [0.25, 0.3) is 0 Å². The number of rotatable bonds is 2. The van der Waals surface area contributed by atoms with Crippen molar-refractivity contribution in [2.45, 2.75) is 18.4 Å². The largest absolute Gasteiger partial charge is 0.323 e. The molecular formula is C10H10BrFN2O. The van der Waals surface area contributed by atoms with Crippen molar-refractivity contribution in [2.24, 2.45) is 5.73 Å². The first kappa shape index (κ1) is 10.6. The number of nitrogens with one attached hydrogen (secondary N) is 1. The zero-order valence-corrected chi connectivity index (χ0v) is 9.47. The van der Waals surface area contributed by atoms with Crippen LogP contribution < -0.4 is 11.1 Å². The molecular weight excluding hydrogens is 263 g/mol. The van der Waals surface area contributed by atoms with Crippen molar-refractivity contribution in [3.05, 3.63) is 28.5 Å². The molecule has 0 radical (unpaired) electrons. The molecule has 5 heteroatoms. The van der Waals surface area contributed by atoms with Crippen molar-refractivity contribution in [1.29, 1.82) is 0 Å². The normalized spacial score (nSPS) is 17.3. The quantitative estimate of drug-likeness (QED) is 0.866. The minimum Gasteiger partial charge on any atom is -0.323 e. The molecule has 1 aromatic rings. The maximum Gasteiger partial charge on any atom is 0.244 e. The number of halogens is 2. The minimum absolute atomic E-state index is 0.213. The zero-order chi connectivity index (χ0) is 11.1. The van der Waals surface area contributed by atoms with Crippen molar-refractivity contribution < 1.29 is 9.18 Å². The molecule has 1 saturated carbocycles. The topological polar surface area (TPSA) is 55.1 Å². The summed E-state index contributed by atoms with van der Waals surface area (Å²) in [6.07, 6.45) is 1.41. The summed E-state index contributed by atoms with van der Waals surface area (Å²) in [7, 11) is 0. The molecule has 0 bridgehead atoms. The van der Waals surface area contributed by atoms with E-state index in [0.29, 0.717) is 23.0 Å². The fourth-order valence-corrected chi connectivity index (χ4v) is 1.65. The Hall–Kier alpha value is -0.940. The van der Waals surface area contributed by atoms with Crippen molar-refractivity contribution in [1.82, 2.24) is 0 Å². The molecule has 15 heavy (non-hydrogen) atoms. The third-order valence-electron chi connectivity index (χ3n) is 2.42. The van der Waals surface area contributed by atoms with Crippen LogP contribution in [0.2, 0.25) is 0 Å². The number of carbonyl (C=O) groups excluding carboxylic acids is 1. The second-order valence-electron chi connectivity index (χ2n) is 3.73. The monoisotopic (exact) mass is 272 g/mol. The van der Waals surface area contributed by atoms with Gasteiger partial charge in [0.25, 0.3) is 0 Å². The lowest BCUT2D eigenvalue weighted by Gasteiger charge is -2.11. The van der Waals surface area contributed by atoms with Gasteiger partial charge in [-0.05, 0) is 47.0 Å². The first-order valence-electron chi connectivity index (χ1n) is 4.57. The molecule has 0 unspecified atom stereocenters. The van der Waals surface area contributed by atoms with Crippen LogP contribution in [0.1, 0.15) is 12.8 Å². The molecule has 0 heterocycles. The van der Waals surface area contributed by atoms with Gasteiger partial charge >= 0.3 is 0 Å². The second-order valence-corrected chi connectivity index (χ2v) is 4.59. The van der Waals surface area contributed by atoms with Crippen LogP contribution in [0, 0.1) is 5.82 Å². The average Bonchev–Trinajstić information content (AvgIpc) is 2.90. The summed E-state index contributed by atoms with van der Waals surface area (Å²) in [6, 6.07) is 4.09. The van der Waals surface area contributed by atoms with Crippen LogP contribution in [0.3, 0.4) is 0 Å². The van der Waals surface area contributed by atoms with Crippen molar-refractivity contribution in [3.8, 4) is 0 Å². The Morgan fingerprint density at radius 2 is 2.20 bits per heavy atom. The molecule has 1 amide bonds. The van der Waals surface area contributed by atoms with Crippen LogP contribution in [0.15, 0.2) is 22.7 Å². The third kappa shape index (κ3) is 2.18. The SMILES string of the molecule is NC1(C(=O)Nc2ccc(F)cc2Br)CC1. The maximum atomic E-state index is 12.8. The van der Waals surface area contributed by atoms with Crippen LogP contribution in [0.5, 0.6) is 0 Å². The molecule has 3 nitrogen and oxygen atoms in total. The van der Waals surface area contributed by atoms with Crippen molar-refractivity contribution in [3.63, 3.8) is 0 Å². The van der Waals surface area contributed by atoms with Gasteiger partial charge in [-0.1, -0.05) is 0 Å². The van der Waals surface area contributed by atoms with E-state index < -0.39 is 5.54 Å². The van der Waals surface area contributed by atoms with E-state index in [1.54, 1.807) is 0 Å².